The van der Waals surface area contributed by atoms with Crippen LogP contribution in [0.5, 0.6) is 0 Å². The predicted octanol–water partition coefficient (Wildman–Crippen LogP) is 2.24. The summed E-state index contributed by atoms with van der Waals surface area (Å²) in [5.74, 6) is 2.33. The number of nitrogens with zero attached hydrogens (tertiary/aromatic N) is 2. The molecule has 0 bridgehead atoms. The number of H-pyrrole nitrogens is 1. The van der Waals surface area contributed by atoms with Gasteiger partial charge in [-0.2, -0.15) is 0 Å². The van der Waals surface area contributed by atoms with E-state index in [9.17, 15) is 4.79 Å². The van der Waals surface area contributed by atoms with Gasteiger partial charge >= 0.3 is 0 Å². The maximum absolute atomic E-state index is 12.0. The Kier molecular flexibility index (Phi) is 2.13. The van der Waals surface area contributed by atoms with Gasteiger partial charge in [-0.1, -0.05) is 6.42 Å². The van der Waals surface area contributed by atoms with Crippen molar-refractivity contribution in [2.24, 2.45) is 5.92 Å². The van der Waals surface area contributed by atoms with Gasteiger partial charge in [0.1, 0.15) is 5.82 Å². The van der Waals surface area contributed by atoms with Crippen LogP contribution in [0.2, 0.25) is 0 Å². The van der Waals surface area contributed by atoms with E-state index in [0.29, 0.717) is 5.92 Å². The van der Waals surface area contributed by atoms with Crippen LogP contribution < -0.4 is 5.56 Å². The molecule has 2 aliphatic carbocycles. The molecule has 0 radical (unpaired) electrons. The van der Waals surface area contributed by atoms with Crippen molar-refractivity contribution < 1.29 is 0 Å². The maximum Gasteiger partial charge on any atom is 0.271 e. The fourth-order valence-corrected chi connectivity index (χ4v) is 2.70. The Labute approximate surface area is 105 Å². The average molecular weight is 243 g/mol. The van der Waals surface area contributed by atoms with Gasteiger partial charge in [-0.05, 0) is 49.7 Å². The zero-order chi connectivity index (χ0) is 12.1. The Balaban J connectivity index is 1.76. The topological polar surface area (TPSA) is 50.2 Å². The number of nitrogens with one attached hydrogen (secondary N) is 1. The largest absolute Gasteiger partial charge is 0.276 e. The number of aromatic nitrogens is 3. The van der Waals surface area contributed by atoms with E-state index in [1.54, 1.807) is 10.6 Å². The Morgan fingerprint density at radius 2 is 2.11 bits per heavy atom. The van der Waals surface area contributed by atoms with Gasteiger partial charge in [0.25, 0.3) is 5.56 Å². The molecule has 4 nitrogen and oxygen atoms in total. The lowest BCUT2D eigenvalue weighted by Crippen LogP contribution is -2.15. The van der Waals surface area contributed by atoms with Crippen LogP contribution in [0.4, 0.5) is 0 Å². The second-order valence-corrected chi connectivity index (χ2v) is 5.78. The third-order valence-corrected chi connectivity index (χ3v) is 4.25. The number of hydrogen-bond acceptors (Lipinski definition) is 2. The smallest absolute Gasteiger partial charge is 0.271 e. The van der Waals surface area contributed by atoms with Crippen molar-refractivity contribution in [1.29, 1.82) is 0 Å². The molecule has 1 N–H and O–H groups in total. The molecule has 2 aromatic rings. The normalized spacial score (nSPS) is 20.2. The number of hydrogen-bond donors (Lipinski definition) is 1. The maximum atomic E-state index is 12.0. The van der Waals surface area contributed by atoms with Gasteiger partial charge in [0.15, 0.2) is 5.65 Å². The molecule has 2 aliphatic rings. The van der Waals surface area contributed by atoms with Gasteiger partial charge < -0.3 is 0 Å². The van der Waals surface area contributed by atoms with Crippen molar-refractivity contribution in [3.05, 3.63) is 33.9 Å². The molecule has 18 heavy (non-hydrogen) atoms. The van der Waals surface area contributed by atoms with Crippen LogP contribution in [0.1, 0.15) is 49.4 Å². The summed E-state index contributed by atoms with van der Waals surface area (Å²) in [5, 5.41) is 3.16. The van der Waals surface area contributed by atoms with Crippen LogP contribution in [0.25, 0.3) is 5.65 Å². The number of aromatic amines is 1. The molecule has 0 atom stereocenters. The molecule has 94 valence electrons. The van der Waals surface area contributed by atoms with E-state index in [2.05, 4.69) is 16.1 Å². The van der Waals surface area contributed by atoms with E-state index in [-0.39, 0.29) is 5.56 Å². The van der Waals surface area contributed by atoms with Gasteiger partial charge in [0.05, 0.1) is 0 Å². The highest BCUT2D eigenvalue weighted by Crippen LogP contribution is 2.35. The van der Waals surface area contributed by atoms with Gasteiger partial charge in [-0.25, -0.2) is 9.50 Å². The summed E-state index contributed by atoms with van der Waals surface area (Å²) in [6.45, 7) is 0. The molecule has 4 rings (SSSR count). The standard InChI is InChI=1S/C14H17N3O/c18-13-8-10(6-9-4-5-9)7-12-15-14(16-17(12)13)11-2-1-3-11/h7-9,11H,1-6H2,(H,15,16). The lowest BCUT2D eigenvalue weighted by molar-refractivity contribution is 0.401. The molecule has 0 unspecified atom stereocenters. The van der Waals surface area contributed by atoms with Crippen molar-refractivity contribution >= 4 is 5.65 Å². The Bertz CT molecular complexity index is 647. The molecule has 0 amide bonds. The summed E-state index contributed by atoms with van der Waals surface area (Å²) in [4.78, 5) is 16.6. The highest BCUT2D eigenvalue weighted by atomic mass is 16.1. The molecule has 0 aromatic carbocycles. The van der Waals surface area contributed by atoms with Crippen molar-refractivity contribution in [3.8, 4) is 0 Å². The van der Waals surface area contributed by atoms with Crippen molar-refractivity contribution in [1.82, 2.24) is 14.6 Å². The zero-order valence-corrected chi connectivity index (χ0v) is 10.4. The second-order valence-electron chi connectivity index (χ2n) is 5.78. The first-order valence-electron chi connectivity index (χ1n) is 6.91. The minimum absolute atomic E-state index is 0.0289. The molecule has 2 fully saturated rings. The first-order valence-corrected chi connectivity index (χ1v) is 6.91. The average Bonchev–Trinajstić information content (AvgIpc) is 2.95. The molecule has 0 spiro atoms. The summed E-state index contributed by atoms with van der Waals surface area (Å²) < 4.78 is 1.59. The summed E-state index contributed by atoms with van der Waals surface area (Å²) >= 11 is 0. The molecule has 0 saturated heterocycles. The van der Waals surface area contributed by atoms with E-state index in [0.717, 1.165) is 29.4 Å². The summed E-state index contributed by atoms with van der Waals surface area (Å²) in [6, 6.07) is 3.83. The highest BCUT2D eigenvalue weighted by Gasteiger charge is 2.24. The number of pyridine rings is 1. The molecule has 2 saturated carbocycles. The van der Waals surface area contributed by atoms with Gasteiger partial charge in [0, 0.05) is 12.0 Å². The second kappa shape index (κ2) is 3.70. The number of fused-ring (bicyclic) bond motifs is 1. The highest BCUT2D eigenvalue weighted by molar-refractivity contribution is 5.41. The van der Waals surface area contributed by atoms with E-state index >= 15 is 0 Å². The first kappa shape index (κ1) is 10.4. The minimum Gasteiger partial charge on any atom is -0.276 e. The van der Waals surface area contributed by atoms with Crippen LogP contribution in [-0.4, -0.2) is 14.6 Å². The van der Waals surface area contributed by atoms with E-state index in [1.165, 1.54) is 32.1 Å². The Morgan fingerprint density at radius 1 is 1.28 bits per heavy atom. The fourth-order valence-electron chi connectivity index (χ4n) is 2.70. The quantitative estimate of drug-likeness (QED) is 0.898. The van der Waals surface area contributed by atoms with Crippen molar-refractivity contribution in [3.63, 3.8) is 0 Å². The zero-order valence-electron chi connectivity index (χ0n) is 10.4. The van der Waals surface area contributed by atoms with Crippen LogP contribution >= 0.6 is 0 Å². The van der Waals surface area contributed by atoms with E-state index in [1.807, 2.05) is 0 Å². The van der Waals surface area contributed by atoms with Crippen LogP contribution in [0.15, 0.2) is 16.9 Å². The molecule has 2 heterocycles. The molecule has 2 aromatic heterocycles. The van der Waals surface area contributed by atoms with Crippen molar-refractivity contribution in [2.75, 3.05) is 0 Å². The van der Waals surface area contributed by atoms with Crippen LogP contribution in [0, 0.1) is 5.92 Å². The van der Waals surface area contributed by atoms with Crippen LogP contribution in [0.3, 0.4) is 0 Å². The molecular formula is C14H17N3O. The third-order valence-electron chi connectivity index (χ3n) is 4.25. The monoisotopic (exact) mass is 243 g/mol. The van der Waals surface area contributed by atoms with Crippen molar-refractivity contribution in [2.45, 2.75) is 44.4 Å². The lowest BCUT2D eigenvalue weighted by atomic mass is 9.85. The van der Waals surface area contributed by atoms with Gasteiger partial charge in [-0.15, -0.1) is 0 Å². The van der Waals surface area contributed by atoms with E-state index < -0.39 is 0 Å². The van der Waals surface area contributed by atoms with E-state index in [4.69, 9.17) is 0 Å². The Hall–Kier alpha value is -1.58. The van der Waals surface area contributed by atoms with Gasteiger partial charge in [-0.3, -0.25) is 9.89 Å². The molecular weight excluding hydrogens is 226 g/mol. The number of rotatable bonds is 3. The first-order chi connectivity index (χ1) is 8.79. The minimum atomic E-state index is 0.0289. The third kappa shape index (κ3) is 1.67. The fraction of sp³-hybridized carbons (Fsp3) is 0.571. The summed E-state index contributed by atoms with van der Waals surface area (Å²) in [7, 11) is 0. The Morgan fingerprint density at radius 3 is 2.78 bits per heavy atom. The summed E-state index contributed by atoms with van der Waals surface area (Å²) in [6.07, 6.45) is 7.34. The SMILES string of the molecule is O=c1cc(CC2CC2)cc2nc(C3CCC3)[nH]n12. The molecule has 0 aliphatic heterocycles. The molecule has 4 heteroatoms. The van der Waals surface area contributed by atoms with Gasteiger partial charge in [0.2, 0.25) is 0 Å². The summed E-state index contributed by atoms with van der Waals surface area (Å²) in [5.41, 5.74) is 1.97. The van der Waals surface area contributed by atoms with Crippen LogP contribution in [-0.2, 0) is 6.42 Å². The lowest BCUT2D eigenvalue weighted by Gasteiger charge is -2.22. The predicted molar refractivity (Wildman–Crippen MR) is 68.8 cm³/mol.